The van der Waals surface area contributed by atoms with Crippen LogP contribution in [0.2, 0.25) is 0 Å². The average molecular weight is 257 g/mol. The normalized spacial score (nSPS) is 12.1. The predicted octanol–water partition coefficient (Wildman–Crippen LogP) is 2.73. The molecule has 0 saturated carbocycles. The first kappa shape index (κ1) is 14.3. The van der Waals surface area contributed by atoms with Crippen LogP contribution in [-0.2, 0) is 6.18 Å². The van der Waals surface area contributed by atoms with E-state index in [-0.39, 0.29) is 17.8 Å². The first-order chi connectivity index (χ1) is 8.13. The molecule has 1 aromatic carbocycles. The van der Waals surface area contributed by atoms with E-state index < -0.39 is 17.3 Å². The van der Waals surface area contributed by atoms with Crippen LogP contribution in [0, 0.1) is 11.3 Å². The Morgan fingerprint density at radius 3 is 2.39 bits per heavy atom. The van der Waals surface area contributed by atoms with E-state index in [4.69, 9.17) is 11.0 Å². The molecule has 0 aromatic heterocycles. The minimum absolute atomic E-state index is 0.0279. The lowest BCUT2D eigenvalue weighted by Gasteiger charge is -2.22. The number of hydrogen-bond donors (Lipinski definition) is 2. The van der Waals surface area contributed by atoms with Gasteiger partial charge < -0.3 is 11.1 Å². The lowest BCUT2D eigenvalue weighted by molar-refractivity contribution is -0.137. The lowest BCUT2D eigenvalue weighted by Crippen LogP contribution is -2.39. The number of anilines is 1. The third-order valence-corrected chi connectivity index (χ3v) is 2.19. The molecule has 1 rings (SSSR count). The summed E-state index contributed by atoms with van der Waals surface area (Å²) in [6.45, 7) is 3.61. The summed E-state index contributed by atoms with van der Waals surface area (Å²) in [5.74, 6) is 0. The quantitative estimate of drug-likeness (QED) is 0.875. The van der Waals surface area contributed by atoms with Gasteiger partial charge in [0.25, 0.3) is 0 Å². The van der Waals surface area contributed by atoms with Crippen molar-refractivity contribution >= 4 is 5.69 Å². The van der Waals surface area contributed by atoms with Crippen LogP contribution in [0.4, 0.5) is 18.9 Å². The van der Waals surface area contributed by atoms with Crippen LogP contribution >= 0.6 is 0 Å². The summed E-state index contributed by atoms with van der Waals surface area (Å²) in [5, 5.41) is 11.3. The standard InChI is InChI=1S/C12H14F3N3/c1-11(2,17)7-18-10-4-3-8(6-16)5-9(10)12(13,14)15/h3-5,18H,7,17H2,1-2H3. The van der Waals surface area contributed by atoms with Crippen molar-refractivity contribution in [2.24, 2.45) is 5.73 Å². The number of nitrogens with zero attached hydrogens (tertiary/aromatic N) is 1. The van der Waals surface area contributed by atoms with Crippen molar-refractivity contribution in [3.63, 3.8) is 0 Å². The maximum atomic E-state index is 12.8. The molecule has 98 valence electrons. The number of nitriles is 1. The number of hydrogen-bond acceptors (Lipinski definition) is 3. The highest BCUT2D eigenvalue weighted by Crippen LogP contribution is 2.35. The van der Waals surface area contributed by atoms with E-state index in [1.807, 2.05) is 0 Å². The summed E-state index contributed by atoms with van der Waals surface area (Å²) in [4.78, 5) is 0. The van der Waals surface area contributed by atoms with Crippen LogP contribution in [0.25, 0.3) is 0 Å². The average Bonchev–Trinajstić information content (AvgIpc) is 2.24. The van der Waals surface area contributed by atoms with Crippen molar-refractivity contribution in [2.45, 2.75) is 25.6 Å². The van der Waals surface area contributed by atoms with Crippen molar-refractivity contribution in [3.05, 3.63) is 29.3 Å². The van der Waals surface area contributed by atoms with E-state index in [2.05, 4.69) is 5.32 Å². The number of alkyl halides is 3. The molecule has 0 amide bonds. The van der Waals surface area contributed by atoms with Crippen molar-refractivity contribution in [1.82, 2.24) is 0 Å². The Balaban J connectivity index is 3.08. The Hall–Kier alpha value is -1.74. The topological polar surface area (TPSA) is 61.8 Å². The predicted molar refractivity (Wildman–Crippen MR) is 62.9 cm³/mol. The molecule has 0 atom stereocenters. The molecule has 0 fully saturated rings. The molecule has 0 aliphatic rings. The van der Waals surface area contributed by atoms with E-state index in [0.717, 1.165) is 6.07 Å². The first-order valence-electron chi connectivity index (χ1n) is 5.27. The van der Waals surface area contributed by atoms with Crippen molar-refractivity contribution in [1.29, 1.82) is 5.26 Å². The number of rotatable bonds is 3. The minimum atomic E-state index is -4.51. The van der Waals surface area contributed by atoms with E-state index in [9.17, 15) is 13.2 Å². The largest absolute Gasteiger partial charge is 0.418 e. The maximum absolute atomic E-state index is 12.8. The molecule has 0 bridgehead atoms. The fraction of sp³-hybridized carbons (Fsp3) is 0.417. The lowest BCUT2D eigenvalue weighted by atomic mass is 10.1. The first-order valence-corrected chi connectivity index (χ1v) is 5.27. The van der Waals surface area contributed by atoms with Crippen LogP contribution in [-0.4, -0.2) is 12.1 Å². The summed E-state index contributed by atoms with van der Waals surface area (Å²) in [7, 11) is 0. The van der Waals surface area contributed by atoms with E-state index in [0.29, 0.717) is 0 Å². The van der Waals surface area contributed by atoms with Crippen molar-refractivity contribution in [2.75, 3.05) is 11.9 Å². The monoisotopic (exact) mass is 257 g/mol. The highest BCUT2D eigenvalue weighted by atomic mass is 19.4. The van der Waals surface area contributed by atoms with Gasteiger partial charge in [0.15, 0.2) is 0 Å². The van der Waals surface area contributed by atoms with E-state index in [1.165, 1.54) is 12.1 Å². The highest BCUT2D eigenvalue weighted by Gasteiger charge is 2.34. The SMILES string of the molecule is CC(C)(N)CNc1ccc(C#N)cc1C(F)(F)F. The number of halogens is 3. The van der Waals surface area contributed by atoms with Gasteiger partial charge in [-0.15, -0.1) is 0 Å². The number of benzene rings is 1. The zero-order valence-electron chi connectivity index (χ0n) is 10.1. The van der Waals surface area contributed by atoms with Crippen LogP contribution in [0.3, 0.4) is 0 Å². The number of nitrogens with two attached hydrogens (primary N) is 1. The Morgan fingerprint density at radius 1 is 1.33 bits per heavy atom. The van der Waals surface area contributed by atoms with Crippen molar-refractivity contribution in [3.8, 4) is 6.07 Å². The molecule has 0 saturated heterocycles. The zero-order valence-corrected chi connectivity index (χ0v) is 10.1. The fourth-order valence-corrected chi connectivity index (χ4v) is 1.33. The smallest absolute Gasteiger partial charge is 0.383 e. The van der Waals surface area contributed by atoms with Gasteiger partial charge in [-0.25, -0.2) is 0 Å². The van der Waals surface area contributed by atoms with Gasteiger partial charge in [0.2, 0.25) is 0 Å². The zero-order chi connectivity index (χ0) is 14.0. The summed E-state index contributed by atoms with van der Waals surface area (Å²) in [5.41, 5.74) is 4.12. The molecule has 0 heterocycles. The van der Waals surface area contributed by atoms with Crippen LogP contribution in [0.15, 0.2) is 18.2 Å². The Morgan fingerprint density at radius 2 is 1.94 bits per heavy atom. The fourth-order valence-electron chi connectivity index (χ4n) is 1.33. The van der Waals surface area contributed by atoms with Gasteiger partial charge in [0.05, 0.1) is 17.2 Å². The molecular weight excluding hydrogens is 243 g/mol. The molecule has 0 radical (unpaired) electrons. The summed E-state index contributed by atoms with van der Waals surface area (Å²) >= 11 is 0. The van der Waals surface area contributed by atoms with Crippen LogP contribution < -0.4 is 11.1 Å². The molecule has 0 aliphatic carbocycles. The van der Waals surface area contributed by atoms with E-state index >= 15 is 0 Å². The molecule has 6 heteroatoms. The number of nitrogens with one attached hydrogen (secondary N) is 1. The third-order valence-electron chi connectivity index (χ3n) is 2.19. The molecular formula is C12H14F3N3. The van der Waals surface area contributed by atoms with Gasteiger partial charge in [0, 0.05) is 17.8 Å². The van der Waals surface area contributed by atoms with Crippen molar-refractivity contribution < 1.29 is 13.2 Å². The molecule has 0 unspecified atom stereocenters. The summed E-state index contributed by atoms with van der Waals surface area (Å²) in [6, 6.07) is 5.09. The van der Waals surface area contributed by atoms with Crippen LogP contribution in [0.5, 0.6) is 0 Å². The Kier molecular flexibility index (Phi) is 3.87. The molecule has 3 N–H and O–H groups in total. The van der Waals surface area contributed by atoms with E-state index in [1.54, 1.807) is 19.9 Å². The Labute approximate surface area is 103 Å². The maximum Gasteiger partial charge on any atom is 0.418 e. The third kappa shape index (κ3) is 3.93. The Bertz CT molecular complexity index is 467. The van der Waals surface area contributed by atoms with Gasteiger partial charge in [0.1, 0.15) is 0 Å². The second-order valence-electron chi connectivity index (χ2n) is 4.71. The second kappa shape index (κ2) is 4.86. The minimum Gasteiger partial charge on any atom is -0.383 e. The van der Waals surface area contributed by atoms with Crippen LogP contribution in [0.1, 0.15) is 25.0 Å². The molecule has 1 aromatic rings. The second-order valence-corrected chi connectivity index (χ2v) is 4.71. The highest BCUT2D eigenvalue weighted by molar-refractivity contribution is 5.56. The summed E-state index contributed by atoms with van der Waals surface area (Å²) < 4.78 is 38.4. The van der Waals surface area contributed by atoms with Gasteiger partial charge >= 0.3 is 6.18 Å². The molecule has 18 heavy (non-hydrogen) atoms. The van der Waals surface area contributed by atoms with Gasteiger partial charge in [-0.3, -0.25) is 0 Å². The van der Waals surface area contributed by atoms with Gasteiger partial charge in [-0.05, 0) is 32.0 Å². The molecule has 0 spiro atoms. The molecule has 3 nitrogen and oxygen atoms in total. The molecule has 0 aliphatic heterocycles. The van der Waals surface area contributed by atoms with Gasteiger partial charge in [-0.2, -0.15) is 18.4 Å². The van der Waals surface area contributed by atoms with Gasteiger partial charge in [-0.1, -0.05) is 0 Å². The summed E-state index contributed by atoms with van der Waals surface area (Å²) in [6.07, 6.45) is -4.51.